The molecule has 5 heteroatoms. The van der Waals surface area contributed by atoms with E-state index >= 15 is 0 Å². The number of hydrogen-bond acceptors (Lipinski definition) is 4. The van der Waals surface area contributed by atoms with E-state index < -0.39 is 6.10 Å². The summed E-state index contributed by atoms with van der Waals surface area (Å²) in [5.41, 5.74) is 0.804. The van der Waals surface area contributed by atoms with Crippen LogP contribution in [0, 0.1) is 0 Å². The molecule has 1 aliphatic heterocycles. The van der Waals surface area contributed by atoms with Crippen molar-refractivity contribution in [3.8, 4) is 11.5 Å². The molecule has 1 unspecified atom stereocenters. The van der Waals surface area contributed by atoms with E-state index in [0.29, 0.717) is 25.5 Å². The number of hydrogen-bond donors (Lipinski definition) is 2. The van der Waals surface area contributed by atoms with Gasteiger partial charge in [-0.1, -0.05) is 15.9 Å². The maximum Gasteiger partial charge on any atom is 0.162 e. The van der Waals surface area contributed by atoms with Crippen molar-refractivity contribution >= 4 is 15.9 Å². The highest BCUT2D eigenvalue weighted by Gasteiger charge is 2.18. The number of benzene rings is 1. The van der Waals surface area contributed by atoms with Crippen LogP contribution in [-0.2, 0) is 0 Å². The van der Waals surface area contributed by atoms with Gasteiger partial charge in [0.15, 0.2) is 11.5 Å². The van der Waals surface area contributed by atoms with Crippen LogP contribution in [-0.4, -0.2) is 31.9 Å². The highest BCUT2D eigenvalue weighted by atomic mass is 79.9. The van der Waals surface area contributed by atoms with Crippen LogP contribution >= 0.6 is 15.9 Å². The van der Waals surface area contributed by atoms with E-state index in [1.54, 1.807) is 7.05 Å². The molecule has 1 heterocycles. The first-order chi connectivity index (χ1) is 7.72. The Morgan fingerprint density at radius 1 is 1.38 bits per heavy atom. The zero-order chi connectivity index (χ0) is 11.5. The summed E-state index contributed by atoms with van der Waals surface area (Å²) >= 11 is 3.42. The van der Waals surface area contributed by atoms with Gasteiger partial charge < -0.3 is 19.9 Å². The first kappa shape index (κ1) is 11.7. The second-order valence-corrected chi connectivity index (χ2v) is 4.45. The summed E-state index contributed by atoms with van der Waals surface area (Å²) in [5, 5.41) is 12.8. The lowest BCUT2D eigenvalue weighted by Gasteiger charge is -2.21. The second-order valence-electron chi connectivity index (χ2n) is 3.59. The van der Waals surface area contributed by atoms with E-state index in [-0.39, 0.29) is 0 Å². The summed E-state index contributed by atoms with van der Waals surface area (Å²) < 4.78 is 11.7. The minimum atomic E-state index is -0.560. The quantitative estimate of drug-likeness (QED) is 0.884. The van der Waals surface area contributed by atoms with E-state index in [1.807, 2.05) is 12.1 Å². The Morgan fingerprint density at radius 2 is 2.00 bits per heavy atom. The fourth-order valence-corrected chi connectivity index (χ4v) is 2.22. The summed E-state index contributed by atoms with van der Waals surface area (Å²) in [5.74, 6) is 1.41. The number of halogens is 1. The van der Waals surface area contributed by atoms with Gasteiger partial charge in [-0.25, -0.2) is 0 Å². The summed E-state index contributed by atoms with van der Waals surface area (Å²) in [6.45, 7) is 1.62. The molecule has 0 aliphatic carbocycles. The highest BCUT2D eigenvalue weighted by molar-refractivity contribution is 9.10. The van der Waals surface area contributed by atoms with Crippen LogP contribution in [0.4, 0.5) is 0 Å². The number of aliphatic hydroxyl groups excluding tert-OH is 1. The van der Waals surface area contributed by atoms with Gasteiger partial charge in [0, 0.05) is 11.0 Å². The number of ether oxygens (including phenoxy) is 2. The third-order valence-electron chi connectivity index (χ3n) is 2.42. The molecule has 0 bridgehead atoms. The standard InChI is InChI=1S/C11H14BrNO3/c1-13-6-9(14)7-4-10-11(5-8(7)12)16-3-2-15-10/h4-5,9,13-14H,2-3,6H2,1H3. The minimum absolute atomic E-state index is 0.498. The van der Waals surface area contributed by atoms with Crippen molar-refractivity contribution < 1.29 is 14.6 Å². The van der Waals surface area contributed by atoms with Crippen LogP contribution in [0.2, 0.25) is 0 Å². The molecule has 1 aromatic carbocycles. The van der Waals surface area contributed by atoms with E-state index in [1.165, 1.54) is 0 Å². The molecule has 0 saturated carbocycles. The second kappa shape index (κ2) is 5.03. The Balaban J connectivity index is 2.31. The molecule has 1 aromatic rings. The van der Waals surface area contributed by atoms with Crippen LogP contribution in [0.3, 0.4) is 0 Å². The van der Waals surface area contributed by atoms with Crippen LogP contribution in [0.25, 0.3) is 0 Å². The predicted octanol–water partition coefficient (Wildman–Crippen LogP) is 1.47. The molecule has 88 valence electrons. The molecule has 1 atom stereocenters. The fourth-order valence-electron chi connectivity index (χ4n) is 1.64. The Kier molecular flexibility index (Phi) is 3.68. The molecule has 0 radical (unpaired) electrons. The van der Waals surface area contributed by atoms with Gasteiger partial charge >= 0.3 is 0 Å². The van der Waals surface area contributed by atoms with E-state index in [0.717, 1.165) is 15.8 Å². The average Bonchev–Trinajstić information content (AvgIpc) is 2.28. The third-order valence-corrected chi connectivity index (χ3v) is 3.10. The predicted molar refractivity (Wildman–Crippen MR) is 64.0 cm³/mol. The number of fused-ring (bicyclic) bond motifs is 1. The van der Waals surface area contributed by atoms with Gasteiger partial charge in [0.1, 0.15) is 13.2 Å². The lowest BCUT2D eigenvalue weighted by molar-refractivity contribution is 0.163. The molecule has 2 rings (SSSR count). The van der Waals surface area contributed by atoms with Gasteiger partial charge in [0.25, 0.3) is 0 Å². The van der Waals surface area contributed by atoms with Crippen LogP contribution in [0.1, 0.15) is 11.7 Å². The molecular weight excluding hydrogens is 274 g/mol. The molecular formula is C11H14BrNO3. The zero-order valence-electron chi connectivity index (χ0n) is 9.00. The largest absolute Gasteiger partial charge is 0.486 e. The normalized spacial score (nSPS) is 15.9. The summed E-state index contributed by atoms with van der Waals surface area (Å²) in [7, 11) is 1.80. The molecule has 0 saturated heterocycles. The van der Waals surface area contributed by atoms with Crippen molar-refractivity contribution in [3.63, 3.8) is 0 Å². The number of nitrogens with one attached hydrogen (secondary N) is 1. The maximum atomic E-state index is 9.91. The van der Waals surface area contributed by atoms with Crippen molar-refractivity contribution in [2.75, 3.05) is 26.8 Å². The van der Waals surface area contributed by atoms with Crippen molar-refractivity contribution in [1.82, 2.24) is 5.32 Å². The summed E-state index contributed by atoms with van der Waals surface area (Å²) in [4.78, 5) is 0. The van der Waals surface area contributed by atoms with Crippen molar-refractivity contribution in [1.29, 1.82) is 0 Å². The van der Waals surface area contributed by atoms with Crippen LogP contribution in [0.15, 0.2) is 16.6 Å². The first-order valence-electron chi connectivity index (χ1n) is 5.14. The maximum absolute atomic E-state index is 9.91. The molecule has 1 aliphatic rings. The topological polar surface area (TPSA) is 50.7 Å². The van der Waals surface area contributed by atoms with E-state index in [4.69, 9.17) is 9.47 Å². The Bertz CT molecular complexity index is 384. The van der Waals surface area contributed by atoms with Gasteiger partial charge in [-0.05, 0) is 24.7 Å². The van der Waals surface area contributed by atoms with E-state index in [2.05, 4.69) is 21.2 Å². The lowest BCUT2D eigenvalue weighted by Crippen LogP contribution is -2.19. The average molecular weight is 288 g/mol. The summed E-state index contributed by atoms with van der Waals surface area (Å²) in [6, 6.07) is 3.66. The molecule has 16 heavy (non-hydrogen) atoms. The van der Waals surface area contributed by atoms with Crippen molar-refractivity contribution in [2.24, 2.45) is 0 Å². The number of aliphatic hydroxyl groups is 1. The molecule has 4 nitrogen and oxygen atoms in total. The molecule has 2 N–H and O–H groups in total. The molecule has 0 fully saturated rings. The van der Waals surface area contributed by atoms with Gasteiger partial charge in [-0.15, -0.1) is 0 Å². The minimum Gasteiger partial charge on any atom is -0.486 e. The summed E-state index contributed by atoms with van der Waals surface area (Å²) in [6.07, 6.45) is -0.560. The van der Waals surface area contributed by atoms with Gasteiger partial charge in [0.2, 0.25) is 0 Å². The van der Waals surface area contributed by atoms with Crippen molar-refractivity contribution in [3.05, 3.63) is 22.2 Å². The highest BCUT2D eigenvalue weighted by Crippen LogP contribution is 2.37. The zero-order valence-corrected chi connectivity index (χ0v) is 10.6. The fraction of sp³-hybridized carbons (Fsp3) is 0.455. The molecule has 0 spiro atoms. The number of likely N-dealkylation sites (N-methyl/N-ethyl adjacent to an activating group) is 1. The monoisotopic (exact) mass is 287 g/mol. The Morgan fingerprint density at radius 3 is 2.62 bits per heavy atom. The van der Waals surface area contributed by atoms with Crippen LogP contribution in [0.5, 0.6) is 11.5 Å². The van der Waals surface area contributed by atoms with Gasteiger partial charge in [-0.3, -0.25) is 0 Å². The smallest absolute Gasteiger partial charge is 0.162 e. The lowest BCUT2D eigenvalue weighted by atomic mass is 10.1. The molecule has 0 aromatic heterocycles. The third kappa shape index (κ3) is 2.31. The Hall–Kier alpha value is -0.780. The van der Waals surface area contributed by atoms with Gasteiger partial charge in [0.05, 0.1) is 6.10 Å². The molecule has 0 amide bonds. The van der Waals surface area contributed by atoms with Gasteiger partial charge in [-0.2, -0.15) is 0 Å². The Labute approximate surface area is 103 Å². The van der Waals surface area contributed by atoms with Crippen LogP contribution < -0.4 is 14.8 Å². The SMILES string of the molecule is CNCC(O)c1cc2c(cc1Br)OCCO2. The first-order valence-corrected chi connectivity index (χ1v) is 5.93. The van der Waals surface area contributed by atoms with Crippen molar-refractivity contribution in [2.45, 2.75) is 6.10 Å². The van der Waals surface area contributed by atoms with E-state index in [9.17, 15) is 5.11 Å². The number of rotatable bonds is 3.